The van der Waals surface area contributed by atoms with Crippen LogP contribution in [0.5, 0.6) is 0 Å². The zero-order chi connectivity index (χ0) is 78.0. The van der Waals surface area contributed by atoms with Crippen molar-refractivity contribution in [2.45, 2.75) is 163 Å². The van der Waals surface area contributed by atoms with Gasteiger partial charge < -0.3 is 77.2 Å². The molecule has 0 radical (unpaired) electrons. The van der Waals surface area contributed by atoms with Crippen LogP contribution < -0.4 is 48.5 Å². The molecule has 3 aromatic rings. The number of anilines is 2. The Labute approximate surface area is 627 Å². The van der Waals surface area contributed by atoms with Gasteiger partial charge in [0.1, 0.15) is 31.1 Å². The Bertz CT molecular complexity index is 4410. The number of nitrogen functional groups attached to an aromatic ring is 1. The molecule has 13 N–H and O–H groups in total. The van der Waals surface area contributed by atoms with Gasteiger partial charge in [-0.3, -0.25) is 33.8 Å². The summed E-state index contributed by atoms with van der Waals surface area (Å²) < 4.78 is 22.3. The van der Waals surface area contributed by atoms with E-state index in [0.717, 1.165) is 79.8 Å². The first-order valence-electron chi connectivity index (χ1n) is 36.7. The van der Waals surface area contributed by atoms with Crippen molar-refractivity contribution in [3.05, 3.63) is 156 Å². The molecule has 5 aliphatic heterocycles. The maximum atomic E-state index is 13.7. The van der Waals surface area contributed by atoms with E-state index in [1.54, 1.807) is 39.8 Å². The molecule has 8 bridgehead atoms. The molecule has 6 aliphatic rings. The molecular weight excluding hydrogens is 1390 g/mol. The fraction of sp³-hybridized carbons (Fsp3) is 0.487. The second kappa shape index (κ2) is 37.5. The molecule has 108 heavy (non-hydrogen) atoms. The SMILES string of the molecule is C=CC1=C(C)C2=NC1=CC1=NC(=CC3=C(C)C4=C(O)CC(=C5NC(=C2)[C@@H](C)[C@@H]5CCC(=O)NC(CCCCNC(C)(C)C(=O)COCC(=O)NCCCOCCOCCOCCCNC(C)(C)C(=O)CC[C@H](NC(=O)c2ccc(NCc5cnc6nc(N)[nH]c(=O)c6n5)cc2)C(=O)O)C(=O)O)C4=N3)C(CC)=C1C. The average molecular weight is 1490 g/mol. The van der Waals surface area contributed by atoms with Crippen LogP contribution in [0, 0.1) is 11.8 Å². The van der Waals surface area contributed by atoms with Crippen LogP contribution in [0.1, 0.15) is 149 Å². The highest BCUT2D eigenvalue weighted by Gasteiger charge is 2.42. The molecule has 1 fully saturated rings. The van der Waals surface area contributed by atoms with Crippen LogP contribution in [0.15, 0.2) is 154 Å². The lowest BCUT2D eigenvalue weighted by molar-refractivity contribution is -0.142. The molecule has 2 aromatic heterocycles. The molecular formula is C78H101N15O15. The summed E-state index contributed by atoms with van der Waals surface area (Å²) in [7, 11) is 0. The normalized spacial score (nSPS) is 17.5. The number of ketones is 2. The number of Topliss-reactive ketones (excluding diaryl/α,β-unsaturated/α-hetero) is 2. The fourth-order valence-corrected chi connectivity index (χ4v) is 13.3. The molecule has 7 heterocycles. The van der Waals surface area contributed by atoms with Gasteiger partial charge in [0, 0.05) is 90.2 Å². The molecule has 30 nitrogen and oxygen atoms in total. The molecule has 1 aliphatic carbocycles. The minimum Gasteiger partial charge on any atom is -0.511 e. The number of aromatic nitrogens is 4. The van der Waals surface area contributed by atoms with Crippen molar-refractivity contribution in [1.82, 2.24) is 51.8 Å². The number of allylic oxidation sites excluding steroid dienone is 12. The van der Waals surface area contributed by atoms with Crippen LogP contribution in [-0.2, 0) is 54.3 Å². The summed E-state index contributed by atoms with van der Waals surface area (Å²) in [6.07, 6.45) is 12.8. The number of hydrogen-bond donors (Lipinski definition) is 12. The van der Waals surface area contributed by atoms with Crippen molar-refractivity contribution in [3.63, 3.8) is 0 Å². The number of fused-ring (bicyclic) bond motifs is 6. The van der Waals surface area contributed by atoms with E-state index in [9.17, 15) is 53.7 Å². The number of benzene rings is 1. The number of nitrogens with two attached hydrogens (primary N) is 1. The minimum atomic E-state index is -1.31. The summed E-state index contributed by atoms with van der Waals surface area (Å²) in [5, 5.41) is 52.9. The van der Waals surface area contributed by atoms with Gasteiger partial charge in [0.05, 0.1) is 90.2 Å². The van der Waals surface area contributed by atoms with Crippen molar-refractivity contribution in [3.8, 4) is 0 Å². The number of nitrogens with one attached hydrogen (secondary N) is 8. The number of aliphatic hydroxyl groups excluding tert-OH is 1. The number of unbranched alkanes of at least 4 members (excludes halogenated alkanes) is 1. The molecule has 30 heteroatoms. The van der Waals surface area contributed by atoms with Gasteiger partial charge in [0.2, 0.25) is 17.8 Å². The Morgan fingerprint density at radius 1 is 0.731 bits per heavy atom. The summed E-state index contributed by atoms with van der Waals surface area (Å²) in [5.41, 5.74) is 17.3. The monoisotopic (exact) mass is 1490 g/mol. The third kappa shape index (κ3) is 21.1. The summed E-state index contributed by atoms with van der Waals surface area (Å²) in [6, 6.07) is 3.86. The smallest absolute Gasteiger partial charge is 0.326 e. The number of aromatic amines is 1. The van der Waals surface area contributed by atoms with Crippen LogP contribution in [0.25, 0.3) is 11.2 Å². The Kier molecular flexibility index (Phi) is 28.4. The predicted octanol–water partition coefficient (Wildman–Crippen LogP) is 7.09. The minimum absolute atomic E-state index is 0.0405. The van der Waals surface area contributed by atoms with Crippen LogP contribution in [0.3, 0.4) is 0 Å². The molecule has 1 saturated heterocycles. The number of ether oxygens (including phenoxy) is 4. The lowest BCUT2D eigenvalue weighted by atomic mass is 9.86. The third-order valence-electron chi connectivity index (χ3n) is 19.9. The van der Waals surface area contributed by atoms with Crippen molar-refractivity contribution in [1.29, 1.82) is 0 Å². The van der Waals surface area contributed by atoms with E-state index in [1.807, 2.05) is 38.2 Å². The number of H-pyrrole nitrogens is 1. The summed E-state index contributed by atoms with van der Waals surface area (Å²) >= 11 is 0. The number of nitrogens with zero attached hydrogens (tertiary/aromatic N) is 6. The Balaban J connectivity index is 0.584. The molecule has 0 spiro atoms. The van der Waals surface area contributed by atoms with Crippen molar-refractivity contribution >= 4 is 81.2 Å². The standard InChI is InChI=1S/C78H101N15O15/c1-11-50-43(3)56-36-58-45(5)52(68(89-58)53-35-62(94)67-46(6)59(90-69(53)67)38-61-51(12-2)44(4)57(87-61)37-60(50)86-56)22-25-65(97)88-54(74(101)102)17-13-14-27-83-78(9,10)64(96)41-108-42-66(98)80-26-15-29-105-31-33-107-34-32-106-30-16-28-84-77(7,8)63(95)24-23-55(75(103)104)91-72(99)47-18-20-48(21-19-47)81-39-49-40-82-71-70(85-49)73(100)93-76(79)92-71/h11,18-21,36-38,40,45,52,54-55,81,83-84,89,94H,1,12-17,22-35,39,41-42H2,2-10H3,(H,80,98)(H,88,97)(H,91,99)(H,101,102)(H,103,104)(H3,79,82,92,93,100)/t45-,52-,54?,55-/m0/s1. The third-order valence-corrected chi connectivity index (χ3v) is 19.9. The topological polar surface area (TPSA) is 436 Å². The van der Waals surface area contributed by atoms with Gasteiger partial charge in [-0.1, -0.05) is 26.5 Å². The van der Waals surface area contributed by atoms with E-state index in [1.165, 1.54) is 18.3 Å². The fourth-order valence-electron chi connectivity index (χ4n) is 13.3. The van der Waals surface area contributed by atoms with Gasteiger partial charge in [-0.15, -0.1) is 0 Å². The maximum absolute atomic E-state index is 13.7. The molecule has 1 aromatic carbocycles. The van der Waals surface area contributed by atoms with Gasteiger partial charge in [0.15, 0.2) is 22.7 Å². The molecule has 1 unspecified atom stereocenters. The molecule has 578 valence electrons. The number of carbonyl (C=O) groups excluding carboxylic acids is 5. The lowest BCUT2D eigenvalue weighted by Gasteiger charge is -2.25. The largest absolute Gasteiger partial charge is 0.511 e. The van der Waals surface area contributed by atoms with Crippen molar-refractivity contribution in [2.24, 2.45) is 26.8 Å². The molecule has 9 rings (SSSR count). The van der Waals surface area contributed by atoms with E-state index in [4.69, 9.17) is 39.7 Å². The van der Waals surface area contributed by atoms with E-state index >= 15 is 0 Å². The second-order valence-corrected chi connectivity index (χ2v) is 28.4. The molecule has 3 amide bonds. The Morgan fingerprint density at radius 3 is 2.06 bits per heavy atom. The first kappa shape index (κ1) is 81.8. The number of amides is 3. The number of hydrogen-bond acceptors (Lipinski definition) is 24. The van der Waals surface area contributed by atoms with Crippen LogP contribution in [0.4, 0.5) is 11.6 Å². The average Bonchev–Trinajstić information content (AvgIpc) is 1.58. The van der Waals surface area contributed by atoms with E-state index in [-0.39, 0.29) is 110 Å². The van der Waals surface area contributed by atoms with Crippen molar-refractivity contribution in [2.75, 3.05) is 83.5 Å². The highest BCUT2D eigenvalue weighted by Crippen LogP contribution is 2.47. The Hall–Kier alpha value is -10.2. The second-order valence-electron chi connectivity index (χ2n) is 28.4. The predicted molar refractivity (Wildman–Crippen MR) is 409 cm³/mol. The number of aliphatic carboxylic acids is 2. The number of carboxylic acid groups (broad SMARTS) is 2. The zero-order valence-corrected chi connectivity index (χ0v) is 63.0. The molecule has 4 atom stereocenters. The number of carbonyl (C=O) groups is 7. The highest BCUT2D eigenvalue weighted by atomic mass is 16.5. The number of aliphatic imine (C=N–C) groups is 3. The zero-order valence-electron chi connectivity index (χ0n) is 63.0. The van der Waals surface area contributed by atoms with Crippen LogP contribution >= 0.6 is 0 Å². The first-order chi connectivity index (χ1) is 51.6. The van der Waals surface area contributed by atoms with Gasteiger partial charge in [-0.25, -0.2) is 34.5 Å². The quantitative estimate of drug-likeness (QED) is 0.0252. The summed E-state index contributed by atoms with van der Waals surface area (Å²) in [4.78, 5) is 132. The van der Waals surface area contributed by atoms with Gasteiger partial charge in [-0.2, -0.15) is 4.98 Å². The summed E-state index contributed by atoms with van der Waals surface area (Å²) in [5.74, 6) is -4.49. The highest BCUT2D eigenvalue weighted by molar-refractivity contribution is 6.21. The van der Waals surface area contributed by atoms with Gasteiger partial charge in [0.25, 0.3) is 11.5 Å². The van der Waals surface area contributed by atoms with Gasteiger partial charge in [-0.05, 0) is 178 Å². The van der Waals surface area contributed by atoms with Gasteiger partial charge >= 0.3 is 11.9 Å². The lowest BCUT2D eigenvalue weighted by Crippen LogP contribution is -2.49. The van der Waals surface area contributed by atoms with E-state index in [2.05, 4.69) is 84.5 Å². The summed E-state index contributed by atoms with van der Waals surface area (Å²) in [6.45, 7) is 24.1. The van der Waals surface area contributed by atoms with Crippen molar-refractivity contribution < 1.29 is 67.8 Å². The van der Waals surface area contributed by atoms with Crippen LogP contribution in [-0.4, -0.2) is 189 Å². The Morgan fingerprint density at radius 2 is 1.38 bits per heavy atom. The van der Waals surface area contributed by atoms with E-state index in [0.29, 0.717) is 114 Å². The number of rotatable bonds is 43. The number of aliphatic hydroxyl groups is 1. The first-order valence-corrected chi connectivity index (χ1v) is 36.7. The van der Waals surface area contributed by atoms with Crippen LogP contribution in [0.2, 0.25) is 0 Å². The number of carboxylic acids is 2. The maximum Gasteiger partial charge on any atom is 0.326 e. The van der Waals surface area contributed by atoms with E-state index < -0.39 is 52.5 Å². The molecule has 0 saturated carbocycles.